The molecule has 1 aliphatic heterocycles. The van der Waals surface area contributed by atoms with Crippen molar-refractivity contribution in [3.63, 3.8) is 0 Å². The van der Waals surface area contributed by atoms with Crippen LogP contribution in [0.5, 0.6) is 11.5 Å². The second-order valence-electron chi connectivity index (χ2n) is 3.80. The standard InChI is InChI=1S/C12H12INO6/c1-17-11(15)14(12(16)18-2)5-7-3-4-8-10(9(7)13)20-6-19-8/h3-4H,5-6H2,1-2H3. The van der Waals surface area contributed by atoms with Crippen LogP contribution in [-0.2, 0) is 16.0 Å². The average Bonchev–Trinajstić information content (AvgIpc) is 2.94. The third-order valence-electron chi connectivity index (χ3n) is 2.68. The number of rotatable bonds is 2. The minimum Gasteiger partial charge on any atom is -0.454 e. The molecule has 0 N–H and O–H groups in total. The van der Waals surface area contributed by atoms with E-state index in [2.05, 4.69) is 32.1 Å². The number of benzene rings is 1. The molecular weight excluding hydrogens is 381 g/mol. The first-order valence-corrected chi connectivity index (χ1v) is 6.66. The third-order valence-corrected chi connectivity index (χ3v) is 3.86. The molecule has 1 aliphatic rings. The second-order valence-corrected chi connectivity index (χ2v) is 4.88. The molecule has 0 aliphatic carbocycles. The largest absolute Gasteiger partial charge is 0.454 e. The van der Waals surface area contributed by atoms with Crippen molar-refractivity contribution in [2.45, 2.75) is 6.54 Å². The smallest absolute Gasteiger partial charge is 0.419 e. The number of methoxy groups -OCH3 is 2. The van der Waals surface area contributed by atoms with Gasteiger partial charge < -0.3 is 18.9 Å². The maximum Gasteiger partial charge on any atom is 0.419 e. The van der Waals surface area contributed by atoms with Crippen LogP contribution in [0.1, 0.15) is 5.56 Å². The molecule has 2 rings (SSSR count). The summed E-state index contributed by atoms with van der Waals surface area (Å²) in [7, 11) is 2.39. The normalized spacial score (nSPS) is 11.9. The number of nitrogens with zero attached hydrogens (tertiary/aromatic N) is 1. The maximum atomic E-state index is 11.6. The van der Waals surface area contributed by atoms with Crippen molar-refractivity contribution < 1.29 is 28.5 Å². The number of hydrogen-bond acceptors (Lipinski definition) is 6. The summed E-state index contributed by atoms with van der Waals surface area (Å²) in [5, 5.41) is 0. The molecule has 0 spiro atoms. The van der Waals surface area contributed by atoms with E-state index < -0.39 is 12.2 Å². The van der Waals surface area contributed by atoms with E-state index in [-0.39, 0.29) is 13.3 Å². The van der Waals surface area contributed by atoms with Crippen molar-refractivity contribution in [3.05, 3.63) is 21.3 Å². The lowest BCUT2D eigenvalue weighted by molar-refractivity contribution is 0.0959. The molecule has 0 unspecified atom stereocenters. The van der Waals surface area contributed by atoms with Gasteiger partial charge in [-0.1, -0.05) is 6.07 Å². The van der Waals surface area contributed by atoms with E-state index in [0.717, 1.165) is 14.0 Å². The number of fused-ring (bicyclic) bond motifs is 1. The molecule has 2 amide bonds. The summed E-state index contributed by atoms with van der Waals surface area (Å²) in [6.45, 7) is 0.181. The molecule has 0 saturated heterocycles. The summed E-state index contributed by atoms with van der Waals surface area (Å²) >= 11 is 2.08. The van der Waals surface area contributed by atoms with E-state index in [4.69, 9.17) is 9.47 Å². The van der Waals surface area contributed by atoms with Crippen LogP contribution in [-0.4, -0.2) is 38.1 Å². The molecule has 1 aromatic carbocycles. The molecule has 0 atom stereocenters. The Morgan fingerprint density at radius 2 is 1.90 bits per heavy atom. The lowest BCUT2D eigenvalue weighted by Gasteiger charge is -2.18. The highest BCUT2D eigenvalue weighted by Crippen LogP contribution is 2.38. The molecule has 0 saturated carbocycles. The Kier molecular flexibility index (Phi) is 4.53. The first-order valence-electron chi connectivity index (χ1n) is 5.59. The van der Waals surface area contributed by atoms with Gasteiger partial charge >= 0.3 is 12.2 Å². The van der Waals surface area contributed by atoms with Gasteiger partial charge in [0.15, 0.2) is 11.5 Å². The topological polar surface area (TPSA) is 74.3 Å². The van der Waals surface area contributed by atoms with Gasteiger partial charge in [-0.2, -0.15) is 0 Å². The Hall–Kier alpha value is -1.71. The van der Waals surface area contributed by atoms with E-state index in [1.807, 2.05) is 0 Å². The minimum absolute atomic E-state index is 0.0221. The molecule has 0 radical (unpaired) electrons. The molecule has 8 heteroatoms. The van der Waals surface area contributed by atoms with Crippen LogP contribution in [0.25, 0.3) is 0 Å². The fourth-order valence-corrected chi connectivity index (χ4v) is 2.47. The number of hydrogen-bond donors (Lipinski definition) is 0. The summed E-state index contributed by atoms with van der Waals surface area (Å²) in [6, 6.07) is 3.49. The number of imide groups is 1. The molecule has 0 aromatic heterocycles. The summed E-state index contributed by atoms with van der Waals surface area (Å²) < 4.78 is 20.5. The lowest BCUT2D eigenvalue weighted by Crippen LogP contribution is -2.36. The Bertz CT molecular complexity index is 531. The van der Waals surface area contributed by atoms with E-state index in [1.165, 1.54) is 14.2 Å². The van der Waals surface area contributed by atoms with Crippen molar-refractivity contribution >= 4 is 34.8 Å². The number of halogens is 1. The van der Waals surface area contributed by atoms with E-state index in [0.29, 0.717) is 11.5 Å². The number of ether oxygens (including phenoxy) is 4. The predicted molar refractivity (Wildman–Crippen MR) is 75.6 cm³/mol. The highest BCUT2D eigenvalue weighted by molar-refractivity contribution is 14.1. The number of carbonyl (C=O) groups is 2. The van der Waals surface area contributed by atoms with Gasteiger partial charge in [0.2, 0.25) is 6.79 Å². The van der Waals surface area contributed by atoms with Crippen LogP contribution in [0.4, 0.5) is 9.59 Å². The van der Waals surface area contributed by atoms with Crippen LogP contribution < -0.4 is 9.47 Å². The zero-order valence-electron chi connectivity index (χ0n) is 10.8. The van der Waals surface area contributed by atoms with E-state index >= 15 is 0 Å². The van der Waals surface area contributed by atoms with Gasteiger partial charge in [-0.05, 0) is 34.2 Å². The van der Waals surface area contributed by atoms with Gasteiger partial charge in [0.25, 0.3) is 0 Å². The molecule has 20 heavy (non-hydrogen) atoms. The minimum atomic E-state index is -0.787. The van der Waals surface area contributed by atoms with Gasteiger partial charge in [0.05, 0.1) is 24.3 Å². The molecule has 1 aromatic rings. The quantitative estimate of drug-likeness (QED) is 0.719. The van der Waals surface area contributed by atoms with Gasteiger partial charge in [0, 0.05) is 0 Å². The van der Waals surface area contributed by atoms with Crippen LogP contribution >= 0.6 is 22.6 Å². The van der Waals surface area contributed by atoms with Gasteiger partial charge in [-0.3, -0.25) is 0 Å². The monoisotopic (exact) mass is 393 g/mol. The van der Waals surface area contributed by atoms with Crippen LogP contribution in [0, 0.1) is 3.57 Å². The average molecular weight is 393 g/mol. The Balaban J connectivity index is 2.27. The number of amides is 2. The van der Waals surface area contributed by atoms with Crippen LogP contribution in [0.2, 0.25) is 0 Å². The molecule has 0 fully saturated rings. The zero-order valence-corrected chi connectivity index (χ0v) is 13.0. The third kappa shape index (κ3) is 2.74. The fourth-order valence-electron chi connectivity index (χ4n) is 1.70. The summed E-state index contributed by atoms with van der Waals surface area (Å²) in [5.41, 5.74) is 0.727. The van der Waals surface area contributed by atoms with Gasteiger partial charge in [0.1, 0.15) is 0 Å². The van der Waals surface area contributed by atoms with Crippen LogP contribution in [0.15, 0.2) is 12.1 Å². The van der Waals surface area contributed by atoms with Crippen molar-refractivity contribution in [1.29, 1.82) is 0 Å². The second kappa shape index (κ2) is 6.16. The Morgan fingerprint density at radius 1 is 1.25 bits per heavy atom. The highest BCUT2D eigenvalue weighted by atomic mass is 127. The van der Waals surface area contributed by atoms with Crippen molar-refractivity contribution in [1.82, 2.24) is 4.90 Å². The Morgan fingerprint density at radius 3 is 2.50 bits per heavy atom. The lowest BCUT2D eigenvalue weighted by atomic mass is 10.2. The van der Waals surface area contributed by atoms with Crippen molar-refractivity contribution in [3.8, 4) is 11.5 Å². The molecule has 0 bridgehead atoms. The van der Waals surface area contributed by atoms with Crippen LogP contribution in [0.3, 0.4) is 0 Å². The predicted octanol–water partition coefficient (Wildman–Crippen LogP) is 2.35. The summed E-state index contributed by atoms with van der Waals surface area (Å²) in [6.07, 6.45) is -1.57. The maximum absolute atomic E-state index is 11.6. The first kappa shape index (κ1) is 14.7. The summed E-state index contributed by atoms with van der Waals surface area (Å²) in [4.78, 5) is 24.1. The molecule has 7 nitrogen and oxygen atoms in total. The first-order chi connectivity index (χ1) is 9.58. The highest BCUT2D eigenvalue weighted by Gasteiger charge is 2.26. The van der Waals surface area contributed by atoms with Crippen molar-refractivity contribution in [2.24, 2.45) is 0 Å². The van der Waals surface area contributed by atoms with Gasteiger partial charge in [-0.15, -0.1) is 0 Å². The van der Waals surface area contributed by atoms with Crippen molar-refractivity contribution in [2.75, 3.05) is 21.0 Å². The SMILES string of the molecule is COC(=O)N(Cc1ccc2c(c1I)OCO2)C(=O)OC. The fraction of sp³-hybridized carbons (Fsp3) is 0.333. The Labute approximate surface area is 128 Å². The molecule has 108 valence electrons. The van der Waals surface area contributed by atoms with E-state index in [9.17, 15) is 9.59 Å². The van der Waals surface area contributed by atoms with Gasteiger partial charge in [-0.25, -0.2) is 14.5 Å². The molecular formula is C12H12INO6. The number of carbonyl (C=O) groups excluding carboxylic acids is 2. The molecule has 1 heterocycles. The zero-order chi connectivity index (χ0) is 14.7. The van der Waals surface area contributed by atoms with E-state index in [1.54, 1.807) is 12.1 Å². The summed E-state index contributed by atoms with van der Waals surface area (Å²) in [5.74, 6) is 1.25.